The van der Waals surface area contributed by atoms with Gasteiger partial charge < -0.3 is 14.2 Å². The molecular formula is C24H32N2O5S. The summed E-state index contributed by atoms with van der Waals surface area (Å²) in [4.78, 5) is 32.7. The minimum Gasteiger partial charge on any atom is -0.490 e. The van der Waals surface area contributed by atoms with Gasteiger partial charge in [0, 0.05) is 0 Å². The highest BCUT2D eigenvalue weighted by Crippen LogP contribution is 2.45. The predicted molar refractivity (Wildman–Crippen MR) is 126 cm³/mol. The van der Waals surface area contributed by atoms with E-state index >= 15 is 0 Å². The van der Waals surface area contributed by atoms with Crippen LogP contribution in [-0.2, 0) is 14.3 Å². The molecule has 2 unspecified atom stereocenters. The molecule has 0 N–H and O–H groups in total. The first-order chi connectivity index (χ1) is 15.3. The molecule has 7 nitrogen and oxygen atoms in total. The van der Waals surface area contributed by atoms with Crippen LogP contribution in [0.5, 0.6) is 11.5 Å². The van der Waals surface area contributed by atoms with Gasteiger partial charge in [0.05, 0.1) is 42.4 Å². The van der Waals surface area contributed by atoms with E-state index in [1.54, 1.807) is 11.8 Å². The van der Waals surface area contributed by atoms with Gasteiger partial charge in [0.25, 0.3) is 0 Å². The maximum absolute atomic E-state index is 13.3. The Morgan fingerprint density at radius 2 is 1.84 bits per heavy atom. The first-order valence-electron chi connectivity index (χ1n) is 11.2. The molecule has 0 aliphatic carbocycles. The number of rotatable bonds is 9. The monoisotopic (exact) mass is 460 g/mol. The molecule has 1 saturated heterocycles. The summed E-state index contributed by atoms with van der Waals surface area (Å²) in [5.74, 6) is 0.906. The molecule has 32 heavy (non-hydrogen) atoms. The van der Waals surface area contributed by atoms with Crippen LogP contribution in [0.4, 0.5) is 0 Å². The van der Waals surface area contributed by atoms with Crippen molar-refractivity contribution in [2.75, 3.05) is 19.8 Å². The average Bonchev–Trinajstić information content (AvgIpc) is 3.07. The number of hydrogen-bond acceptors (Lipinski definition) is 7. The quantitative estimate of drug-likeness (QED) is 0.496. The SMILES string of the molecule is CCOc1ccc(C2C(C(=O)OCC(C)C)=C(C)N=C3SC(CC)C(=O)N32)cc1OCC. The molecule has 2 aliphatic rings. The number of benzene rings is 1. The summed E-state index contributed by atoms with van der Waals surface area (Å²) in [7, 11) is 0. The third kappa shape index (κ3) is 4.80. The van der Waals surface area contributed by atoms with Crippen LogP contribution >= 0.6 is 11.8 Å². The van der Waals surface area contributed by atoms with Gasteiger partial charge in [-0.3, -0.25) is 9.69 Å². The van der Waals surface area contributed by atoms with Crippen molar-refractivity contribution in [1.29, 1.82) is 0 Å². The minimum atomic E-state index is -0.631. The molecule has 0 aromatic heterocycles. The largest absolute Gasteiger partial charge is 0.490 e. The highest BCUT2D eigenvalue weighted by molar-refractivity contribution is 8.15. The molecule has 1 amide bonds. The Hall–Kier alpha value is -2.48. The van der Waals surface area contributed by atoms with E-state index in [2.05, 4.69) is 4.99 Å². The van der Waals surface area contributed by atoms with Crippen molar-refractivity contribution in [1.82, 2.24) is 4.90 Å². The first kappa shape index (κ1) is 24.2. The fourth-order valence-electron chi connectivity index (χ4n) is 3.72. The molecule has 0 radical (unpaired) electrons. The van der Waals surface area contributed by atoms with Gasteiger partial charge in [0.2, 0.25) is 5.91 Å². The van der Waals surface area contributed by atoms with E-state index in [1.807, 2.05) is 52.8 Å². The van der Waals surface area contributed by atoms with Gasteiger partial charge in [-0.15, -0.1) is 0 Å². The summed E-state index contributed by atoms with van der Waals surface area (Å²) < 4.78 is 17.1. The molecule has 174 valence electrons. The van der Waals surface area contributed by atoms with Gasteiger partial charge in [0.1, 0.15) is 0 Å². The zero-order valence-corrected chi connectivity index (χ0v) is 20.5. The van der Waals surface area contributed by atoms with Crippen molar-refractivity contribution in [3.63, 3.8) is 0 Å². The van der Waals surface area contributed by atoms with Crippen LogP contribution in [0.3, 0.4) is 0 Å². The van der Waals surface area contributed by atoms with Gasteiger partial charge in [-0.1, -0.05) is 38.6 Å². The van der Waals surface area contributed by atoms with E-state index in [1.165, 1.54) is 11.8 Å². The summed E-state index contributed by atoms with van der Waals surface area (Å²) >= 11 is 1.45. The lowest BCUT2D eigenvalue weighted by Gasteiger charge is -2.33. The highest BCUT2D eigenvalue weighted by atomic mass is 32.2. The van der Waals surface area contributed by atoms with Crippen LogP contribution in [0.25, 0.3) is 0 Å². The van der Waals surface area contributed by atoms with Crippen LogP contribution < -0.4 is 9.47 Å². The minimum absolute atomic E-state index is 0.0465. The fraction of sp³-hybridized carbons (Fsp3) is 0.542. The number of carbonyl (C=O) groups is 2. The second-order valence-corrected chi connectivity index (χ2v) is 9.25. The zero-order valence-electron chi connectivity index (χ0n) is 19.6. The molecule has 8 heteroatoms. The molecular weight excluding hydrogens is 428 g/mol. The molecule has 2 aliphatic heterocycles. The Morgan fingerprint density at radius 3 is 2.47 bits per heavy atom. The maximum atomic E-state index is 13.3. The van der Waals surface area contributed by atoms with Crippen molar-refractivity contribution in [2.24, 2.45) is 10.9 Å². The Labute approximate surface area is 194 Å². The van der Waals surface area contributed by atoms with E-state index in [0.29, 0.717) is 54.2 Å². The summed E-state index contributed by atoms with van der Waals surface area (Å²) in [6.07, 6.45) is 0.686. The number of thioether (sulfide) groups is 1. The molecule has 0 spiro atoms. The standard InChI is InChI=1S/C24H32N2O5S/c1-7-19-22(27)26-21(16-10-11-17(29-8-2)18(12-16)30-9-3)20(15(6)25-24(26)32-19)23(28)31-13-14(4)5/h10-12,14,19,21H,7-9,13H2,1-6H3. The first-order valence-corrected chi connectivity index (χ1v) is 12.1. The third-order valence-electron chi connectivity index (χ3n) is 5.17. The van der Waals surface area contributed by atoms with Crippen LogP contribution in [0.1, 0.15) is 59.6 Å². The van der Waals surface area contributed by atoms with E-state index in [0.717, 1.165) is 5.56 Å². The van der Waals surface area contributed by atoms with Gasteiger partial charge in [0.15, 0.2) is 16.7 Å². The van der Waals surface area contributed by atoms with Gasteiger partial charge in [-0.25, -0.2) is 9.79 Å². The Kier molecular flexibility index (Phi) is 7.87. The lowest BCUT2D eigenvalue weighted by molar-refractivity contribution is -0.141. The number of amidine groups is 1. The second kappa shape index (κ2) is 10.4. The van der Waals surface area contributed by atoms with Crippen molar-refractivity contribution < 1.29 is 23.8 Å². The molecule has 3 rings (SSSR count). The lowest BCUT2D eigenvalue weighted by Crippen LogP contribution is -2.41. The van der Waals surface area contributed by atoms with E-state index < -0.39 is 12.0 Å². The summed E-state index contributed by atoms with van der Waals surface area (Å²) in [6, 6.07) is 4.92. The number of allylic oxidation sites excluding steroid dienone is 1. The number of carbonyl (C=O) groups excluding carboxylic acids is 2. The molecule has 1 fully saturated rings. The van der Waals surface area contributed by atoms with Crippen molar-refractivity contribution in [2.45, 2.75) is 59.3 Å². The Balaban J connectivity index is 2.11. The summed E-state index contributed by atoms with van der Waals surface area (Å²) in [5, 5.41) is 0.403. The van der Waals surface area contributed by atoms with Crippen molar-refractivity contribution >= 4 is 28.8 Å². The summed E-state index contributed by atoms with van der Waals surface area (Å²) in [5.41, 5.74) is 1.71. The van der Waals surface area contributed by atoms with Gasteiger partial charge in [-0.2, -0.15) is 0 Å². The molecule has 0 bridgehead atoms. The number of esters is 1. The van der Waals surface area contributed by atoms with Gasteiger partial charge in [-0.05, 0) is 50.8 Å². The topological polar surface area (TPSA) is 77.4 Å². The number of nitrogens with zero attached hydrogens (tertiary/aromatic N) is 2. The molecule has 0 saturated carbocycles. The maximum Gasteiger partial charge on any atom is 0.338 e. The van der Waals surface area contributed by atoms with Crippen LogP contribution in [0, 0.1) is 5.92 Å². The van der Waals surface area contributed by atoms with Crippen LogP contribution in [0.15, 0.2) is 34.5 Å². The highest BCUT2D eigenvalue weighted by Gasteiger charge is 2.47. The third-order valence-corrected chi connectivity index (χ3v) is 6.49. The van der Waals surface area contributed by atoms with E-state index in [-0.39, 0.29) is 17.1 Å². The van der Waals surface area contributed by atoms with Crippen molar-refractivity contribution in [3.8, 4) is 11.5 Å². The predicted octanol–water partition coefficient (Wildman–Crippen LogP) is 4.72. The average molecular weight is 461 g/mol. The van der Waals surface area contributed by atoms with Crippen LogP contribution in [-0.4, -0.2) is 47.0 Å². The fourth-order valence-corrected chi connectivity index (χ4v) is 4.86. The normalized spacial score (nSPS) is 20.4. The lowest BCUT2D eigenvalue weighted by atomic mass is 9.93. The molecule has 1 aromatic carbocycles. The molecule has 1 aromatic rings. The van der Waals surface area contributed by atoms with Crippen molar-refractivity contribution in [3.05, 3.63) is 35.0 Å². The Bertz CT molecular complexity index is 940. The second-order valence-electron chi connectivity index (χ2n) is 8.08. The number of ether oxygens (including phenoxy) is 3. The van der Waals surface area contributed by atoms with Gasteiger partial charge >= 0.3 is 5.97 Å². The molecule has 2 atom stereocenters. The molecule has 2 heterocycles. The van der Waals surface area contributed by atoms with E-state index in [9.17, 15) is 9.59 Å². The number of amides is 1. The smallest absolute Gasteiger partial charge is 0.338 e. The number of fused-ring (bicyclic) bond motifs is 1. The van der Waals surface area contributed by atoms with E-state index in [4.69, 9.17) is 14.2 Å². The Morgan fingerprint density at radius 1 is 1.16 bits per heavy atom. The number of hydrogen-bond donors (Lipinski definition) is 0. The van der Waals surface area contributed by atoms with Crippen LogP contribution in [0.2, 0.25) is 0 Å². The zero-order chi connectivity index (χ0) is 23.4. The number of aliphatic imine (C=N–C) groups is 1. The summed E-state index contributed by atoms with van der Waals surface area (Å²) in [6.45, 7) is 12.8.